The molecule has 2 unspecified atom stereocenters. The van der Waals surface area contributed by atoms with Crippen molar-refractivity contribution < 1.29 is 91.6 Å². The van der Waals surface area contributed by atoms with Crippen LogP contribution in [0.25, 0.3) is 0 Å². The molecule has 0 bridgehead atoms. The van der Waals surface area contributed by atoms with Crippen LogP contribution in [-0.4, -0.2) is 134 Å². The molecule has 4 atom stereocenters. The molecule has 4 rings (SSSR count). The van der Waals surface area contributed by atoms with Gasteiger partial charge in [-0.2, -0.15) is 0 Å². The van der Waals surface area contributed by atoms with Crippen LogP contribution in [0.4, 0.5) is 11.4 Å². The zero-order valence-corrected chi connectivity index (χ0v) is 44.3. The van der Waals surface area contributed by atoms with E-state index in [0.29, 0.717) is 30.5 Å². The predicted octanol–water partition coefficient (Wildman–Crippen LogP) is 3.66. The number of unbranched alkanes of at least 4 members (excludes halogenated alkanes) is 2. The lowest BCUT2D eigenvalue weighted by atomic mass is 9.87. The molecule has 0 aliphatic carbocycles. The highest BCUT2D eigenvalue weighted by Gasteiger charge is 2.59. The Morgan fingerprint density at radius 1 is 0.867 bits per heavy atom. The maximum atomic E-state index is 14.1. The number of hydrogen-bond acceptors (Lipinski definition) is 14. The van der Waals surface area contributed by atoms with E-state index in [1.807, 2.05) is 20.8 Å². The van der Waals surface area contributed by atoms with Crippen molar-refractivity contribution in [3.8, 4) is 0 Å². The van der Waals surface area contributed by atoms with Gasteiger partial charge in [0.2, 0.25) is 5.91 Å². The molecule has 3 amide bonds. The summed E-state index contributed by atoms with van der Waals surface area (Å²) in [6.45, 7) is 6.98. The third-order valence-electron chi connectivity index (χ3n) is 12.7. The molecule has 0 radical (unpaired) electrons. The Morgan fingerprint density at radius 2 is 1.53 bits per heavy atom. The van der Waals surface area contributed by atoms with Crippen LogP contribution in [0.15, 0.2) is 60.9 Å². The third kappa shape index (κ3) is 19.3. The fraction of sp³-hybridized carbons (Fsp3) is 0.540. The number of ketones is 2. The van der Waals surface area contributed by atoms with E-state index in [1.165, 1.54) is 53.4 Å². The third-order valence-corrected chi connectivity index (χ3v) is 16.4. The molecule has 0 fully saturated rings. The van der Waals surface area contributed by atoms with Gasteiger partial charge in [-0.1, -0.05) is 52.5 Å². The summed E-state index contributed by atoms with van der Waals surface area (Å²) in [6, 6.07) is 10.6. The van der Waals surface area contributed by atoms with Crippen molar-refractivity contribution in [1.29, 1.82) is 0 Å². The van der Waals surface area contributed by atoms with Crippen LogP contribution in [0.1, 0.15) is 121 Å². The zero-order valence-electron chi connectivity index (χ0n) is 42.5. The van der Waals surface area contributed by atoms with Crippen molar-refractivity contribution in [3.05, 3.63) is 88.7 Å². The Hall–Kier alpha value is -5.29. The van der Waals surface area contributed by atoms with E-state index >= 15 is 0 Å². The molecular weight excluding hydrogens is 1020 g/mol. The molecule has 23 nitrogen and oxygen atoms in total. The Bertz CT molecular complexity index is 2510. The fourth-order valence-electron chi connectivity index (χ4n) is 8.06. The minimum absolute atomic E-state index is 0.0135. The largest absolute Gasteiger partial charge is 0.478 e. The van der Waals surface area contributed by atoms with E-state index in [1.54, 1.807) is 12.1 Å². The monoisotopic (exact) mass is 1090 g/mol. The van der Waals surface area contributed by atoms with Crippen molar-refractivity contribution in [1.82, 2.24) is 10.6 Å². The van der Waals surface area contributed by atoms with Crippen LogP contribution in [0, 0.1) is 11.8 Å². The van der Waals surface area contributed by atoms with E-state index in [9.17, 15) is 72.8 Å². The minimum Gasteiger partial charge on any atom is -0.478 e. The topological polar surface area (TPSA) is 358 Å². The van der Waals surface area contributed by atoms with E-state index in [2.05, 4.69) is 21.3 Å². The van der Waals surface area contributed by atoms with Gasteiger partial charge in [-0.3, -0.25) is 33.1 Å². The van der Waals surface area contributed by atoms with Crippen LogP contribution in [0.2, 0.25) is 0 Å². The van der Waals surface area contributed by atoms with Gasteiger partial charge in [0.1, 0.15) is 11.9 Å². The molecule has 1 aromatic heterocycles. The highest BCUT2D eigenvalue weighted by atomic mass is 31.2. The van der Waals surface area contributed by atoms with Gasteiger partial charge >= 0.3 is 21.2 Å². The molecule has 0 saturated carbocycles. The van der Waals surface area contributed by atoms with E-state index in [4.69, 9.17) is 14.2 Å². The fourth-order valence-corrected chi connectivity index (χ4v) is 10.2. The second-order valence-electron chi connectivity index (χ2n) is 18.5. The summed E-state index contributed by atoms with van der Waals surface area (Å²) in [5.74, 6) is -4.18. The van der Waals surface area contributed by atoms with Crippen LogP contribution >= 0.6 is 15.2 Å². The van der Waals surface area contributed by atoms with E-state index in [0.717, 1.165) is 12.8 Å². The molecule has 414 valence electrons. The molecule has 1 aliphatic rings. The van der Waals surface area contributed by atoms with Gasteiger partial charge in [-0.25, -0.2) is 9.36 Å². The summed E-state index contributed by atoms with van der Waals surface area (Å²) in [4.78, 5) is 117. The number of aromatic nitrogens is 1. The molecule has 75 heavy (non-hydrogen) atoms. The van der Waals surface area contributed by atoms with Gasteiger partial charge in [-0.15, -0.1) is 0 Å². The molecule has 1 aliphatic heterocycles. The SMILES string of the molecule is CCCCC[C@@H]1CC(=O)[C@H](C(C)CC)NC(=O)c2cc(C(=O)NCCOCCOCCOCCC(=O)CCC(O)C[n+]3cccc(CC(O)(P(=O)(O)O)P(=O)(O)O)c3)ccc2NCc2ccc(C(=O)O)cc2NC1=O. The summed E-state index contributed by atoms with van der Waals surface area (Å²) in [6.07, 6.45) is 4.15. The number of rotatable bonds is 29. The molecular formula is C50H72N5O18P2+. The lowest BCUT2D eigenvalue weighted by Crippen LogP contribution is -2.46. The quantitative estimate of drug-likeness (QED) is 0.0268. The Morgan fingerprint density at radius 3 is 2.19 bits per heavy atom. The number of carbonyl (C=O) groups excluding carboxylic acids is 5. The first kappa shape index (κ1) is 62.3. The standard InChI is InChI=1S/C50H71N5O18P2/c1-4-6-7-10-35-28-44(58)45(33(3)5-2)54-48(61)41-26-36(13-16-42(41)52-30-38-12-11-37(49(62)63)27-43(38)53-47(35)60)46(59)51-18-21-72-23-25-73-24-22-71-20-17-39(56)14-15-40(57)32-55-19-8-9-34(31-55)29-50(64,74(65,66)67)75(68,69)70/h8-9,11-13,16,19,26-27,31,33,35,40,45,57,64H,4-7,10,14-15,17-18,20-25,28-30,32H2,1-3H3,(H8-,51,52,53,54,59,60,61,62,63,65,66,67,68,69,70)/p+1/t33?,35-,40?,45+/m1/s1. The maximum Gasteiger partial charge on any atom is 0.369 e. The van der Waals surface area contributed by atoms with Crippen LogP contribution in [-0.2, 0) is 57.2 Å². The lowest BCUT2D eigenvalue weighted by molar-refractivity contribution is -0.704. The Kier molecular flexibility index (Phi) is 24.8. The number of anilines is 2. The number of Topliss-reactive ketones (excluding diaryl/α,β-unsaturated/α-hetero) is 2. The number of amides is 3. The number of nitrogens with one attached hydrogen (secondary N) is 4. The van der Waals surface area contributed by atoms with Gasteiger partial charge < -0.3 is 70.4 Å². The van der Waals surface area contributed by atoms with Crippen LogP contribution < -0.4 is 25.8 Å². The van der Waals surface area contributed by atoms with E-state index < -0.39 is 68.5 Å². The first-order valence-corrected chi connectivity index (χ1v) is 28.1. The summed E-state index contributed by atoms with van der Waals surface area (Å²) < 4.78 is 41.4. The summed E-state index contributed by atoms with van der Waals surface area (Å²) in [5, 5.41) is 38.6. The number of carbonyl (C=O) groups is 6. The normalized spacial score (nSPS) is 16.6. The molecule has 11 N–H and O–H groups in total. The molecule has 2 heterocycles. The van der Waals surface area contributed by atoms with Crippen molar-refractivity contribution in [3.63, 3.8) is 0 Å². The number of hydrogen-bond donors (Lipinski definition) is 11. The van der Waals surface area contributed by atoms with Crippen molar-refractivity contribution in [2.75, 3.05) is 56.8 Å². The van der Waals surface area contributed by atoms with E-state index in [-0.39, 0.29) is 130 Å². The summed E-state index contributed by atoms with van der Waals surface area (Å²) in [7, 11) is -11.3. The number of nitrogens with zero attached hydrogens (tertiary/aromatic N) is 1. The van der Waals surface area contributed by atoms with Gasteiger partial charge in [0.05, 0.1) is 56.8 Å². The molecule has 0 saturated heterocycles. The number of aromatic carboxylic acids is 1. The first-order chi connectivity index (χ1) is 35.5. The number of fused-ring (bicyclic) bond motifs is 2. The Labute approximate surface area is 435 Å². The van der Waals surface area contributed by atoms with Gasteiger partial charge in [-0.05, 0) is 60.7 Å². The second-order valence-corrected chi connectivity index (χ2v) is 22.5. The molecule has 25 heteroatoms. The van der Waals surface area contributed by atoms with Crippen LogP contribution in [0.5, 0.6) is 0 Å². The Balaban J connectivity index is 1.21. The number of carboxylic acids is 1. The lowest BCUT2D eigenvalue weighted by Gasteiger charge is -2.28. The maximum absolute atomic E-state index is 14.1. The van der Waals surface area contributed by atoms with Crippen molar-refractivity contribution in [2.45, 2.75) is 115 Å². The average molecular weight is 1090 g/mol. The molecule has 0 spiro atoms. The average Bonchev–Trinajstić information content (AvgIpc) is 3.35. The first-order valence-electron chi connectivity index (χ1n) is 24.9. The zero-order chi connectivity index (χ0) is 55.3. The second kappa shape index (κ2) is 29.9. The van der Waals surface area contributed by atoms with Crippen molar-refractivity contribution >= 4 is 61.8 Å². The number of pyridine rings is 1. The van der Waals surface area contributed by atoms with Gasteiger partial charge in [0.15, 0.2) is 24.7 Å². The summed E-state index contributed by atoms with van der Waals surface area (Å²) >= 11 is 0. The number of benzene rings is 2. The number of carboxylic acid groups (broad SMARTS) is 1. The van der Waals surface area contributed by atoms with Crippen LogP contribution in [0.3, 0.4) is 0 Å². The number of ether oxygens (including phenoxy) is 3. The highest BCUT2D eigenvalue weighted by molar-refractivity contribution is 7.72. The van der Waals surface area contributed by atoms with Gasteiger partial charge in [0.25, 0.3) is 16.9 Å². The number of aliphatic hydroxyl groups is 2. The number of aliphatic hydroxyl groups excluding tert-OH is 1. The van der Waals surface area contributed by atoms with Gasteiger partial charge in [0, 0.05) is 73.3 Å². The molecule has 3 aromatic rings. The summed E-state index contributed by atoms with van der Waals surface area (Å²) in [5.41, 5.74) is 1.33. The minimum atomic E-state index is -5.66. The smallest absolute Gasteiger partial charge is 0.369 e. The molecule has 2 aromatic carbocycles. The predicted molar refractivity (Wildman–Crippen MR) is 273 cm³/mol. The van der Waals surface area contributed by atoms with Crippen molar-refractivity contribution in [2.24, 2.45) is 11.8 Å². The highest BCUT2D eigenvalue weighted by Crippen LogP contribution is 2.68.